The Balaban J connectivity index is 1.30. The Morgan fingerprint density at radius 2 is 1.65 bits per heavy atom. The average Bonchev–Trinajstić information content (AvgIpc) is 3.43. The first-order chi connectivity index (χ1) is 12.6. The zero-order chi connectivity index (χ0) is 18.0. The molecule has 26 heavy (non-hydrogen) atoms. The highest BCUT2D eigenvalue weighted by atomic mass is 16.5. The summed E-state index contributed by atoms with van der Waals surface area (Å²) in [6, 6.07) is 6.93. The first kappa shape index (κ1) is 15.6. The van der Waals surface area contributed by atoms with E-state index in [1.165, 1.54) is 4.90 Å². The van der Waals surface area contributed by atoms with Crippen LogP contribution in [0.15, 0.2) is 36.4 Å². The third-order valence-electron chi connectivity index (χ3n) is 6.43. The maximum atomic E-state index is 12.9. The van der Waals surface area contributed by atoms with Crippen LogP contribution < -0.4 is 10.1 Å². The Morgan fingerprint density at radius 1 is 1.08 bits per heavy atom. The van der Waals surface area contributed by atoms with Crippen LogP contribution in [0.25, 0.3) is 0 Å². The van der Waals surface area contributed by atoms with Gasteiger partial charge in [-0.15, -0.1) is 0 Å². The predicted octanol–water partition coefficient (Wildman–Crippen LogP) is 1.69. The van der Waals surface area contributed by atoms with Crippen LogP contribution in [-0.2, 0) is 14.4 Å². The molecule has 6 nitrogen and oxygen atoms in total. The molecule has 0 spiro atoms. The van der Waals surface area contributed by atoms with E-state index in [-0.39, 0.29) is 47.9 Å². The quantitative estimate of drug-likeness (QED) is 0.661. The lowest BCUT2D eigenvalue weighted by Gasteiger charge is -2.37. The smallest absolute Gasteiger partial charge is 0.244 e. The van der Waals surface area contributed by atoms with Crippen LogP contribution in [0.4, 0.5) is 5.69 Å². The Hall–Kier alpha value is -2.63. The lowest BCUT2D eigenvalue weighted by molar-refractivity contribution is -0.142. The number of amides is 3. The van der Waals surface area contributed by atoms with Crippen molar-refractivity contribution in [3.8, 4) is 5.75 Å². The normalized spacial score (nSPS) is 36.0. The van der Waals surface area contributed by atoms with E-state index in [9.17, 15) is 14.4 Å². The number of nitrogens with zero attached hydrogens (tertiary/aromatic N) is 1. The van der Waals surface area contributed by atoms with Gasteiger partial charge in [0.05, 0.1) is 18.9 Å². The number of ether oxygens (including phenoxy) is 1. The highest BCUT2D eigenvalue weighted by molar-refractivity contribution is 6.09. The Kier molecular flexibility index (Phi) is 3.26. The van der Waals surface area contributed by atoms with E-state index in [0.29, 0.717) is 23.3 Å². The number of nitrogens with one attached hydrogen (secondary N) is 1. The van der Waals surface area contributed by atoms with Crippen LogP contribution in [0.5, 0.6) is 5.75 Å². The van der Waals surface area contributed by atoms with Crippen molar-refractivity contribution in [2.45, 2.75) is 6.42 Å². The number of rotatable bonds is 4. The zero-order valence-corrected chi connectivity index (χ0v) is 14.4. The van der Waals surface area contributed by atoms with Gasteiger partial charge in [0.1, 0.15) is 12.3 Å². The van der Waals surface area contributed by atoms with Crippen LogP contribution in [0, 0.1) is 35.5 Å². The summed E-state index contributed by atoms with van der Waals surface area (Å²) in [6.07, 6.45) is 5.39. The van der Waals surface area contributed by atoms with Crippen molar-refractivity contribution in [2.24, 2.45) is 35.5 Å². The Morgan fingerprint density at radius 3 is 2.19 bits per heavy atom. The molecule has 0 unspecified atom stereocenters. The summed E-state index contributed by atoms with van der Waals surface area (Å²) in [5.41, 5.74) is 0.607. The van der Waals surface area contributed by atoms with Crippen molar-refractivity contribution in [1.29, 1.82) is 0 Å². The summed E-state index contributed by atoms with van der Waals surface area (Å²) < 4.78 is 5.09. The van der Waals surface area contributed by atoms with Gasteiger partial charge in [-0.3, -0.25) is 19.3 Å². The van der Waals surface area contributed by atoms with Crippen LogP contribution >= 0.6 is 0 Å². The van der Waals surface area contributed by atoms with Crippen LogP contribution in [0.2, 0.25) is 0 Å². The summed E-state index contributed by atoms with van der Waals surface area (Å²) in [5.74, 6) is 0.975. The summed E-state index contributed by atoms with van der Waals surface area (Å²) >= 11 is 0. The SMILES string of the molecule is COc1ccc(NC(=O)CN2C(=O)[C@@H]3[C@H]4C=C[C@@H]([C@@H]5C[C@@H]45)[C@H]3C2=O)cc1. The number of carbonyl (C=O) groups is 3. The number of likely N-dealkylation sites (tertiary alicyclic amines) is 1. The fraction of sp³-hybridized carbons (Fsp3) is 0.450. The minimum Gasteiger partial charge on any atom is -0.497 e. The molecule has 1 aromatic carbocycles. The van der Waals surface area contributed by atoms with Gasteiger partial charge in [0.15, 0.2) is 0 Å². The van der Waals surface area contributed by atoms with Gasteiger partial charge in [0.25, 0.3) is 0 Å². The second-order valence-electron chi connectivity index (χ2n) is 7.69. The molecule has 1 N–H and O–H groups in total. The predicted molar refractivity (Wildman–Crippen MR) is 93.0 cm³/mol. The first-order valence-electron chi connectivity index (χ1n) is 9.06. The van der Waals surface area contributed by atoms with E-state index < -0.39 is 0 Å². The van der Waals surface area contributed by atoms with Gasteiger partial charge in [-0.2, -0.15) is 0 Å². The van der Waals surface area contributed by atoms with Gasteiger partial charge < -0.3 is 10.1 Å². The topological polar surface area (TPSA) is 75.7 Å². The maximum absolute atomic E-state index is 12.9. The molecule has 134 valence electrons. The molecular weight excluding hydrogens is 332 g/mol. The molecule has 5 aliphatic rings. The molecule has 3 amide bonds. The largest absolute Gasteiger partial charge is 0.497 e. The monoisotopic (exact) mass is 352 g/mol. The lowest BCUT2D eigenvalue weighted by Crippen LogP contribution is -2.40. The molecule has 1 aliphatic heterocycles. The molecule has 1 saturated heterocycles. The fourth-order valence-corrected chi connectivity index (χ4v) is 5.19. The molecular formula is C20H20N2O4. The number of allylic oxidation sites excluding steroid dienone is 2. The van der Waals surface area contributed by atoms with Gasteiger partial charge in [-0.1, -0.05) is 12.2 Å². The van der Waals surface area contributed by atoms with Crippen molar-refractivity contribution in [3.63, 3.8) is 0 Å². The summed E-state index contributed by atoms with van der Waals surface area (Å²) in [4.78, 5) is 39.2. The minimum absolute atomic E-state index is 0.172. The third kappa shape index (κ3) is 2.14. The summed E-state index contributed by atoms with van der Waals surface area (Å²) in [7, 11) is 1.57. The van der Waals surface area contributed by atoms with E-state index in [1.807, 2.05) is 0 Å². The van der Waals surface area contributed by atoms with Gasteiger partial charge in [-0.25, -0.2) is 0 Å². The number of anilines is 1. The summed E-state index contributed by atoms with van der Waals surface area (Å²) in [6.45, 7) is -0.217. The van der Waals surface area contributed by atoms with Gasteiger partial charge in [0, 0.05) is 5.69 Å². The van der Waals surface area contributed by atoms with E-state index in [1.54, 1.807) is 31.4 Å². The number of imide groups is 1. The first-order valence-corrected chi connectivity index (χ1v) is 9.06. The van der Waals surface area contributed by atoms with Crippen LogP contribution in [-0.4, -0.2) is 36.3 Å². The standard InChI is InChI=1S/C20H20N2O4/c1-26-11-4-2-10(3-5-11)21-16(23)9-22-19(24)17-12-6-7-13(15-8-14(12)15)18(17)20(22)25/h2-7,12-15,17-18H,8-9H2,1H3,(H,21,23)/t12-,13-,14-,15-,17+,18+/m0/s1. The molecule has 4 aliphatic carbocycles. The number of benzene rings is 1. The van der Waals surface area contributed by atoms with Crippen molar-refractivity contribution < 1.29 is 19.1 Å². The number of hydrogen-bond acceptors (Lipinski definition) is 4. The molecule has 2 bridgehead atoms. The van der Waals surface area contributed by atoms with E-state index in [0.717, 1.165) is 6.42 Å². The zero-order valence-electron chi connectivity index (χ0n) is 14.4. The van der Waals surface area contributed by atoms with Crippen molar-refractivity contribution in [3.05, 3.63) is 36.4 Å². The van der Waals surface area contributed by atoms with Gasteiger partial charge in [-0.05, 0) is 54.4 Å². The minimum atomic E-state index is -0.360. The molecule has 6 rings (SSSR count). The molecule has 3 fully saturated rings. The Bertz CT molecular complexity index is 795. The van der Waals surface area contributed by atoms with Crippen molar-refractivity contribution in [1.82, 2.24) is 4.90 Å². The second kappa shape index (κ2) is 5.43. The molecule has 0 radical (unpaired) electrons. The van der Waals surface area contributed by atoms with Crippen molar-refractivity contribution in [2.75, 3.05) is 19.0 Å². The molecule has 1 aromatic rings. The molecule has 6 atom stereocenters. The van der Waals surface area contributed by atoms with E-state index in [4.69, 9.17) is 4.74 Å². The third-order valence-corrected chi connectivity index (χ3v) is 6.43. The fourth-order valence-electron chi connectivity index (χ4n) is 5.19. The van der Waals surface area contributed by atoms with Crippen LogP contribution in [0.1, 0.15) is 6.42 Å². The number of hydrogen-bond donors (Lipinski definition) is 1. The lowest BCUT2D eigenvalue weighted by atomic mass is 9.63. The molecule has 0 aromatic heterocycles. The second-order valence-corrected chi connectivity index (χ2v) is 7.69. The maximum Gasteiger partial charge on any atom is 0.244 e. The van der Waals surface area contributed by atoms with E-state index in [2.05, 4.69) is 17.5 Å². The highest BCUT2D eigenvalue weighted by Gasteiger charge is 2.67. The number of carbonyl (C=O) groups excluding carboxylic acids is 3. The highest BCUT2D eigenvalue weighted by Crippen LogP contribution is 2.65. The molecule has 1 heterocycles. The Labute approximate surface area is 151 Å². The van der Waals surface area contributed by atoms with Gasteiger partial charge >= 0.3 is 0 Å². The van der Waals surface area contributed by atoms with E-state index >= 15 is 0 Å². The summed E-state index contributed by atoms with van der Waals surface area (Å²) in [5, 5.41) is 2.74. The number of methoxy groups -OCH3 is 1. The average molecular weight is 352 g/mol. The molecule has 6 heteroatoms. The van der Waals surface area contributed by atoms with Crippen LogP contribution in [0.3, 0.4) is 0 Å². The molecule has 2 saturated carbocycles. The van der Waals surface area contributed by atoms with Gasteiger partial charge in [0.2, 0.25) is 17.7 Å². The van der Waals surface area contributed by atoms with Crippen molar-refractivity contribution >= 4 is 23.4 Å².